The highest BCUT2D eigenvalue weighted by atomic mass is 16.1. The molecule has 88 valence electrons. The van der Waals surface area contributed by atoms with Crippen molar-refractivity contribution in [2.75, 3.05) is 0 Å². The van der Waals surface area contributed by atoms with Gasteiger partial charge in [0.2, 0.25) is 0 Å². The zero-order valence-corrected chi connectivity index (χ0v) is 9.86. The van der Waals surface area contributed by atoms with Crippen LogP contribution < -0.4 is 5.32 Å². The molecule has 1 fully saturated rings. The number of benzene rings is 1. The van der Waals surface area contributed by atoms with Gasteiger partial charge in [0.05, 0.1) is 0 Å². The number of H-pyrrole nitrogens is 1. The average Bonchev–Trinajstić information content (AvgIpc) is 2.91. The number of nitrogens with one attached hydrogen (secondary N) is 2. The Labute approximate surface area is 100 Å². The van der Waals surface area contributed by atoms with Gasteiger partial charge < -0.3 is 10.3 Å². The summed E-state index contributed by atoms with van der Waals surface area (Å²) in [5.41, 5.74) is 1.78. The first-order valence-corrected chi connectivity index (χ1v) is 6.16. The number of aromatic amines is 1. The molecule has 1 aromatic carbocycles. The van der Waals surface area contributed by atoms with Crippen molar-refractivity contribution in [3.05, 3.63) is 36.0 Å². The lowest BCUT2D eigenvalue weighted by molar-refractivity contribution is 0.0950. The molecular weight excluding hydrogens is 212 g/mol. The highest BCUT2D eigenvalue weighted by Gasteiger charge is 2.36. The van der Waals surface area contributed by atoms with Gasteiger partial charge in [-0.05, 0) is 30.5 Å². The van der Waals surface area contributed by atoms with E-state index in [0.717, 1.165) is 29.3 Å². The van der Waals surface area contributed by atoms with Gasteiger partial charge in [0.15, 0.2) is 0 Å². The molecule has 2 unspecified atom stereocenters. The molecule has 0 aliphatic heterocycles. The summed E-state index contributed by atoms with van der Waals surface area (Å²) < 4.78 is 0. The maximum absolute atomic E-state index is 12.1. The number of aromatic nitrogens is 1. The quantitative estimate of drug-likeness (QED) is 0.833. The number of carbonyl (C=O) groups is 1. The summed E-state index contributed by atoms with van der Waals surface area (Å²) >= 11 is 0. The summed E-state index contributed by atoms with van der Waals surface area (Å²) in [5, 5.41) is 4.10. The Morgan fingerprint density at radius 3 is 3.12 bits per heavy atom. The van der Waals surface area contributed by atoms with E-state index in [1.807, 2.05) is 30.5 Å². The van der Waals surface area contributed by atoms with E-state index >= 15 is 0 Å². The van der Waals surface area contributed by atoms with Crippen LogP contribution in [0.2, 0.25) is 0 Å². The second-order valence-corrected chi connectivity index (χ2v) is 4.73. The van der Waals surface area contributed by atoms with Crippen LogP contribution in [0, 0.1) is 5.92 Å². The Morgan fingerprint density at radius 2 is 2.35 bits per heavy atom. The molecule has 3 nitrogen and oxygen atoms in total. The van der Waals surface area contributed by atoms with Crippen LogP contribution in [0.3, 0.4) is 0 Å². The van der Waals surface area contributed by atoms with Gasteiger partial charge in [0, 0.05) is 28.7 Å². The largest absolute Gasteiger partial charge is 0.361 e. The fourth-order valence-corrected chi connectivity index (χ4v) is 2.41. The molecule has 1 heterocycles. The first-order chi connectivity index (χ1) is 8.29. The van der Waals surface area contributed by atoms with Crippen LogP contribution in [-0.2, 0) is 0 Å². The monoisotopic (exact) mass is 228 g/mol. The van der Waals surface area contributed by atoms with E-state index in [1.54, 1.807) is 0 Å². The van der Waals surface area contributed by atoms with Crippen molar-refractivity contribution < 1.29 is 4.79 Å². The third-order valence-electron chi connectivity index (χ3n) is 3.60. The lowest BCUT2D eigenvalue weighted by Gasteiger charge is -2.05. The number of carbonyl (C=O) groups excluding carboxylic acids is 1. The topological polar surface area (TPSA) is 44.9 Å². The van der Waals surface area contributed by atoms with E-state index in [4.69, 9.17) is 0 Å². The fraction of sp³-hybridized carbons (Fsp3) is 0.357. The molecule has 2 N–H and O–H groups in total. The molecule has 2 aromatic rings. The SMILES string of the molecule is CCC1CC1NC(=O)c1cccc2[nH]ccc12. The second-order valence-electron chi connectivity index (χ2n) is 4.73. The molecule has 2 atom stereocenters. The summed E-state index contributed by atoms with van der Waals surface area (Å²) in [4.78, 5) is 15.3. The lowest BCUT2D eigenvalue weighted by atomic mass is 10.1. The Morgan fingerprint density at radius 1 is 1.47 bits per heavy atom. The molecule has 1 aliphatic rings. The van der Waals surface area contributed by atoms with Gasteiger partial charge >= 0.3 is 0 Å². The molecule has 0 radical (unpaired) electrons. The highest BCUT2D eigenvalue weighted by Crippen LogP contribution is 2.33. The zero-order valence-electron chi connectivity index (χ0n) is 9.86. The molecule has 0 bridgehead atoms. The van der Waals surface area contributed by atoms with Crippen LogP contribution in [0.5, 0.6) is 0 Å². The standard InChI is InChI=1S/C14H16N2O/c1-2-9-8-13(9)16-14(17)11-4-3-5-12-10(11)6-7-15-12/h3-7,9,13,15H,2,8H2,1H3,(H,16,17). The van der Waals surface area contributed by atoms with Gasteiger partial charge in [-0.1, -0.05) is 19.4 Å². The molecule has 1 aliphatic carbocycles. The Balaban J connectivity index is 1.83. The first kappa shape index (κ1) is 10.4. The van der Waals surface area contributed by atoms with Crippen molar-refractivity contribution in [2.24, 2.45) is 5.92 Å². The fourth-order valence-electron chi connectivity index (χ4n) is 2.41. The Kier molecular flexibility index (Phi) is 2.39. The Hall–Kier alpha value is -1.77. The van der Waals surface area contributed by atoms with Crippen LogP contribution in [0.15, 0.2) is 30.5 Å². The average molecular weight is 228 g/mol. The summed E-state index contributed by atoms with van der Waals surface area (Å²) in [6.45, 7) is 2.17. The van der Waals surface area contributed by atoms with Gasteiger partial charge in [0.1, 0.15) is 0 Å². The van der Waals surface area contributed by atoms with E-state index in [-0.39, 0.29) is 5.91 Å². The van der Waals surface area contributed by atoms with E-state index in [2.05, 4.69) is 17.2 Å². The molecule has 1 saturated carbocycles. The molecule has 1 amide bonds. The molecule has 17 heavy (non-hydrogen) atoms. The minimum absolute atomic E-state index is 0.0520. The van der Waals surface area contributed by atoms with Crippen molar-refractivity contribution in [1.29, 1.82) is 0 Å². The predicted octanol–water partition coefficient (Wildman–Crippen LogP) is 2.70. The van der Waals surface area contributed by atoms with Gasteiger partial charge in [-0.25, -0.2) is 0 Å². The third kappa shape index (κ3) is 1.82. The van der Waals surface area contributed by atoms with Gasteiger partial charge in [-0.3, -0.25) is 4.79 Å². The smallest absolute Gasteiger partial charge is 0.252 e. The third-order valence-corrected chi connectivity index (χ3v) is 3.60. The van der Waals surface area contributed by atoms with Crippen LogP contribution in [-0.4, -0.2) is 16.9 Å². The van der Waals surface area contributed by atoms with Gasteiger partial charge in [-0.2, -0.15) is 0 Å². The van der Waals surface area contributed by atoms with Crippen molar-refractivity contribution in [2.45, 2.75) is 25.8 Å². The van der Waals surface area contributed by atoms with Gasteiger partial charge in [0.25, 0.3) is 5.91 Å². The number of fused-ring (bicyclic) bond motifs is 1. The van der Waals surface area contributed by atoms with E-state index < -0.39 is 0 Å². The van der Waals surface area contributed by atoms with Crippen molar-refractivity contribution in [1.82, 2.24) is 10.3 Å². The van der Waals surface area contributed by atoms with Crippen molar-refractivity contribution >= 4 is 16.8 Å². The molecular formula is C14H16N2O. The summed E-state index contributed by atoms with van der Waals surface area (Å²) in [6.07, 6.45) is 4.15. The zero-order chi connectivity index (χ0) is 11.8. The number of amides is 1. The number of hydrogen-bond acceptors (Lipinski definition) is 1. The number of hydrogen-bond donors (Lipinski definition) is 2. The van der Waals surface area contributed by atoms with Crippen LogP contribution in [0.4, 0.5) is 0 Å². The van der Waals surface area contributed by atoms with Crippen LogP contribution in [0.25, 0.3) is 10.9 Å². The van der Waals surface area contributed by atoms with Crippen molar-refractivity contribution in [3.8, 4) is 0 Å². The van der Waals surface area contributed by atoms with E-state index in [1.165, 1.54) is 0 Å². The maximum Gasteiger partial charge on any atom is 0.252 e. The molecule has 0 spiro atoms. The molecule has 3 rings (SSSR count). The van der Waals surface area contributed by atoms with Crippen LogP contribution in [0.1, 0.15) is 30.1 Å². The highest BCUT2D eigenvalue weighted by molar-refractivity contribution is 6.06. The van der Waals surface area contributed by atoms with Gasteiger partial charge in [-0.15, -0.1) is 0 Å². The minimum Gasteiger partial charge on any atom is -0.361 e. The second kappa shape index (κ2) is 3.91. The first-order valence-electron chi connectivity index (χ1n) is 6.16. The summed E-state index contributed by atoms with van der Waals surface area (Å²) in [5.74, 6) is 0.737. The Bertz CT molecular complexity index is 558. The normalized spacial score (nSPS) is 22.6. The summed E-state index contributed by atoms with van der Waals surface area (Å²) in [7, 11) is 0. The predicted molar refractivity (Wildman–Crippen MR) is 68.0 cm³/mol. The number of rotatable bonds is 3. The molecule has 1 aromatic heterocycles. The van der Waals surface area contributed by atoms with Crippen molar-refractivity contribution in [3.63, 3.8) is 0 Å². The van der Waals surface area contributed by atoms with Crippen LogP contribution >= 0.6 is 0 Å². The minimum atomic E-state index is 0.0520. The maximum atomic E-state index is 12.1. The lowest BCUT2D eigenvalue weighted by Crippen LogP contribution is -2.26. The summed E-state index contributed by atoms with van der Waals surface area (Å²) in [6, 6.07) is 8.13. The molecule has 0 saturated heterocycles. The van der Waals surface area contributed by atoms with E-state index in [9.17, 15) is 4.79 Å². The van der Waals surface area contributed by atoms with E-state index in [0.29, 0.717) is 12.0 Å². The molecule has 3 heteroatoms.